The second-order valence-corrected chi connectivity index (χ2v) is 6.23. The predicted molar refractivity (Wildman–Crippen MR) is 85.4 cm³/mol. The Kier molecular flexibility index (Phi) is 8.97. The molecule has 0 heterocycles. The van der Waals surface area contributed by atoms with E-state index in [1.807, 2.05) is 0 Å². The SMILES string of the molecule is O=C1CCC(=O)CCC(=O)CCC(=O)CCC(=O)CCC(=O)CC1. The lowest BCUT2D eigenvalue weighted by Gasteiger charge is -2.04. The molecule has 1 saturated carbocycles. The fraction of sp³-hybridized carbons (Fsp3) is 0.667. The highest BCUT2D eigenvalue weighted by molar-refractivity contribution is 5.93. The van der Waals surface area contributed by atoms with Crippen molar-refractivity contribution in [3.63, 3.8) is 0 Å². The normalized spacial score (nSPS) is 21.5. The number of ketones is 6. The number of rotatable bonds is 0. The van der Waals surface area contributed by atoms with Gasteiger partial charge in [0, 0.05) is 77.0 Å². The molecule has 1 aliphatic rings. The highest BCUT2D eigenvalue weighted by Gasteiger charge is 2.15. The first-order valence-corrected chi connectivity index (χ1v) is 8.47. The molecule has 0 atom stereocenters. The van der Waals surface area contributed by atoms with Crippen LogP contribution < -0.4 is 0 Å². The maximum atomic E-state index is 11.7. The third-order valence-electron chi connectivity index (χ3n) is 4.10. The monoisotopic (exact) mass is 336 g/mol. The van der Waals surface area contributed by atoms with Crippen LogP contribution in [0.4, 0.5) is 0 Å². The molecule has 0 radical (unpaired) electrons. The number of hydrogen-bond acceptors (Lipinski definition) is 6. The number of carbonyl (C=O) groups is 6. The third kappa shape index (κ3) is 9.22. The number of hydrogen-bond donors (Lipinski definition) is 0. The van der Waals surface area contributed by atoms with E-state index in [2.05, 4.69) is 0 Å². The van der Waals surface area contributed by atoms with Crippen molar-refractivity contribution in [2.45, 2.75) is 77.0 Å². The Morgan fingerprint density at radius 2 is 0.333 bits per heavy atom. The molecular weight excluding hydrogens is 312 g/mol. The van der Waals surface area contributed by atoms with Crippen LogP contribution >= 0.6 is 0 Å². The Bertz CT molecular complexity index is 372. The minimum absolute atomic E-state index is 0.0811. The van der Waals surface area contributed by atoms with Gasteiger partial charge in [-0.2, -0.15) is 0 Å². The van der Waals surface area contributed by atoms with Gasteiger partial charge in [0.2, 0.25) is 0 Å². The Hall–Kier alpha value is -1.98. The molecule has 6 heteroatoms. The molecule has 0 aliphatic heterocycles. The van der Waals surface area contributed by atoms with Gasteiger partial charge in [-0.1, -0.05) is 0 Å². The molecular formula is C18H24O6. The molecule has 1 aliphatic carbocycles. The lowest BCUT2D eigenvalue weighted by Crippen LogP contribution is -2.12. The minimum atomic E-state index is -0.152. The van der Waals surface area contributed by atoms with Gasteiger partial charge < -0.3 is 0 Å². The van der Waals surface area contributed by atoms with Crippen molar-refractivity contribution in [2.75, 3.05) is 0 Å². The van der Waals surface area contributed by atoms with Gasteiger partial charge in [-0.15, -0.1) is 0 Å². The van der Waals surface area contributed by atoms with Crippen LogP contribution in [-0.2, 0) is 28.8 Å². The largest absolute Gasteiger partial charge is 0.300 e. The van der Waals surface area contributed by atoms with Crippen LogP contribution in [0.15, 0.2) is 0 Å². The molecule has 6 nitrogen and oxygen atoms in total. The molecule has 24 heavy (non-hydrogen) atoms. The average molecular weight is 336 g/mol. The zero-order valence-corrected chi connectivity index (χ0v) is 13.9. The van der Waals surface area contributed by atoms with E-state index in [0.29, 0.717) is 0 Å². The summed E-state index contributed by atoms with van der Waals surface area (Å²) in [7, 11) is 0. The van der Waals surface area contributed by atoms with E-state index in [-0.39, 0.29) is 112 Å². The van der Waals surface area contributed by atoms with Crippen molar-refractivity contribution >= 4 is 34.7 Å². The van der Waals surface area contributed by atoms with E-state index >= 15 is 0 Å². The van der Waals surface area contributed by atoms with Crippen molar-refractivity contribution in [3.8, 4) is 0 Å². The van der Waals surface area contributed by atoms with Crippen molar-refractivity contribution in [2.24, 2.45) is 0 Å². The highest BCUT2D eigenvalue weighted by atomic mass is 16.2. The van der Waals surface area contributed by atoms with E-state index in [1.54, 1.807) is 0 Å². The van der Waals surface area contributed by atoms with E-state index in [1.165, 1.54) is 0 Å². The van der Waals surface area contributed by atoms with Crippen molar-refractivity contribution < 1.29 is 28.8 Å². The van der Waals surface area contributed by atoms with Gasteiger partial charge in [-0.3, -0.25) is 28.8 Å². The molecule has 0 amide bonds. The first kappa shape index (κ1) is 20.1. The van der Waals surface area contributed by atoms with Crippen LogP contribution in [0, 0.1) is 0 Å². The minimum Gasteiger partial charge on any atom is -0.300 e. The fourth-order valence-corrected chi connectivity index (χ4v) is 2.42. The zero-order chi connectivity index (χ0) is 17.9. The third-order valence-corrected chi connectivity index (χ3v) is 4.10. The molecule has 0 aromatic carbocycles. The quantitative estimate of drug-likeness (QED) is 0.671. The van der Waals surface area contributed by atoms with Gasteiger partial charge >= 0.3 is 0 Å². The summed E-state index contributed by atoms with van der Waals surface area (Å²) in [5, 5.41) is 0. The average Bonchev–Trinajstić information content (AvgIpc) is 2.56. The van der Waals surface area contributed by atoms with Gasteiger partial charge in [0.05, 0.1) is 0 Å². The van der Waals surface area contributed by atoms with Crippen LogP contribution in [0.1, 0.15) is 77.0 Å². The number of carbonyl (C=O) groups excluding carboxylic acids is 6. The van der Waals surface area contributed by atoms with Gasteiger partial charge in [0.1, 0.15) is 34.7 Å². The summed E-state index contributed by atoms with van der Waals surface area (Å²) in [6, 6.07) is 0. The molecule has 0 N–H and O–H groups in total. The van der Waals surface area contributed by atoms with Gasteiger partial charge in [0.25, 0.3) is 0 Å². The standard InChI is InChI=1S/C18H24O6/c19-13-1-2-14(20)5-6-16(22)9-10-18(24)12-11-17(23)8-7-15(21)4-3-13/h1-12H2. The van der Waals surface area contributed by atoms with Crippen molar-refractivity contribution in [3.05, 3.63) is 0 Å². The van der Waals surface area contributed by atoms with Crippen LogP contribution in [0.5, 0.6) is 0 Å². The Balaban J connectivity index is 2.56. The molecule has 0 spiro atoms. The first-order chi connectivity index (χ1) is 11.4. The predicted octanol–water partition coefficient (Wildman–Crippen LogP) is 2.10. The van der Waals surface area contributed by atoms with E-state index < -0.39 is 0 Å². The van der Waals surface area contributed by atoms with E-state index in [9.17, 15) is 28.8 Å². The molecule has 1 fully saturated rings. The molecule has 0 unspecified atom stereocenters. The summed E-state index contributed by atoms with van der Waals surface area (Å²) in [5.41, 5.74) is 0. The molecule has 0 aromatic heterocycles. The second-order valence-electron chi connectivity index (χ2n) is 6.23. The Morgan fingerprint density at radius 3 is 0.417 bits per heavy atom. The summed E-state index contributed by atoms with van der Waals surface area (Å²) in [6.45, 7) is 0. The summed E-state index contributed by atoms with van der Waals surface area (Å²) < 4.78 is 0. The van der Waals surface area contributed by atoms with Gasteiger partial charge in [0.15, 0.2) is 0 Å². The van der Waals surface area contributed by atoms with E-state index in [0.717, 1.165) is 0 Å². The summed E-state index contributed by atoms with van der Waals surface area (Å²) in [6.07, 6.45) is 0.973. The zero-order valence-electron chi connectivity index (χ0n) is 13.9. The maximum Gasteiger partial charge on any atom is 0.133 e. The molecule has 0 bridgehead atoms. The van der Waals surface area contributed by atoms with Crippen LogP contribution in [0.25, 0.3) is 0 Å². The highest BCUT2D eigenvalue weighted by Crippen LogP contribution is 2.10. The molecule has 0 aromatic rings. The Morgan fingerprint density at radius 1 is 0.250 bits per heavy atom. The smallest absolute Gasteiger partial charge is 0.133 e. The van der Waals surface area contributed by atoms with Crippen molar-refractivity contribution in [1.29, 1.82) is 0 Å². The lowest BCUT2D eigenvalue weighted by atomic mass is 9.98. The summed E-state index contributed by atoms with van der Waals surface area (Å²) >= 11 is 0. The number of Topliss-reactive ketones (excluding diaryl/α,β-unsaturated/α-hetero) is 6. The van der Waals surface area contributed by atoms with Crippen molar-refractivity contribution in [1.82, 2.24) is 0 Å². The summed E-state index contributed by atoms with van der Waals surface area (Å²) in [4.78, 5) is 69.9. The lowest BCUT2D eigenvalue weighted by molar-refractivity contribution is -0.128. The topological polar surface area (TPSA) is 102 Å². The Labute approximate surface area is 141 Å². The maximum absolute atomic E-state index is 11.7. The van der Waals surface area contributed by atoms with Gasteiger partial charge in [-0.05, 0) is 0 Å². The molecule has 1 rings (SSSR count). The molecule has 132 valence electrons. The second kappa shape index (κ2) is 10.7. The van der Waals surface area contributed by atoms with Gasteiger partial charge in [-0.25, -0.2) is 0 Å². The van der Waals surface area contributed by atoms with Crippen LogP contribution in [0.3, 0.4) is 0 Å². The van der Waals surface area contributed by atoms with Crippen LogP contribution in [-0.4, -0.2) is 34.7 Å². The summed E-state index contributed by atoms with van der Waals surface area (Å²) in [5.74, 6) is -0.911. The molecule has 0 saturated heterocycles. The van der Waals surface area contributed by atoms with E-state index in [4.69, 9.17) is 0 Å². The fourth-order valence-electron chi connectivity index (χ4n) is 2.42. The van der Waals surface area contributed by atoms with Crippen LogP contribution in [0.2, 0.25) is 0 Å². The first-order valence-electron chi connectivity index (χ1n) is 8.47.